The maximum atomic E-state index is 12.1. The number of nitrogens with zero attached hydrogens (tertiary/aromatic N) is 2. The van der Waals surface area contributed by atoms with E-state index in [4.69, 9.17) is 5.84 Å². The third kappa shape index (κ3) is 2.82. The average molecular weight is 278 g/mol. The molecular formula is C16H14N4O. The van der Waals surface area contributed by atoms with Crippen LogP contribution in [-0.2, 0) is 4.79 Å². The second kappa shape index (κ2) is 5.60. The van der Waals surface area contributed by atoms with Crippen molar-refractivity contribution in [2.45, 2.75) is 0 Å². The molecule has 0 saturated heterocycles. The molecule has 0 fully saturated rings. The fourth-order valence-electron chi connectivity index (χ4n) is 1.98. The van der Waals surface area contributed by atoms with Crippen LogP contribution in [0.5, 0.6) is 0 Å². The number of carbonyl (C=O) groups is 1. The number of hydrogen-bond acceptors (Lipinski definition) is 4. The summed E-state index contributed by atoms with van der Waals surface area (Å²) < 4.78 is 0. The van der Waals surface area contributed by atoms with E-state index in [0.717, 1.165) is 16.3 Å². The molecule has 3 N–H and O–H groups in total. The van der Waals surface area contributed by atoms with Crippen LogP contribution in [0, 0.1) is 0 Å². The van der Waals surface area contributed by atoms with Crippen molar-refractivity contribution in [1.82, 2.24) is 5.01 Å². The smallest absolute Gasteiger partial charge is 0.293 e. The number of aliphatic imine (C=N–C) groups is 1. The Balaban J connectivity index is 1.87. The highest BCUT2D eigenvalue weighted by molar-refractivity contribution is 6.16. The summed E-state index contributed by atoms with van der Waals surface area (Å²) >= 11 is 0. The van der Waals surface area contributed by atoms with E-state index in [1.807, 2.05) is 60.7 Å². The molecule has 0 radical (unpaired) electrons. The van der Waals surface area contributed by atoms with Crippen LogP contribution in [0.2, 0.25) is 0 Å². The van der Waals surface area contributed by atoms with Gasteiger partial charge in [0.1, 0.15) is 5.70 Å². The maximum Gasteiger partial charge on any atom is 0.293 e. The van der Waals surface area contributed by atoms with E-state index in [1.54, 1.807) is 6.08 Å². The Morgan fingerprint density at radius 2 is 1.62 bits per heavy atom. The van der Waals surface area contributed by atoms with Gasteiger partial charge in [0.2, 0.25) is 5.96 Å². The van der Waals surface area contributed by atoms with Gasteiger partial charge in [-0.25, -0.2) is 15.8 Å². The largest absolute Gasteiger partial charge is 0.324 e. The highest BCUT2D eigenvalue weighted by Gasteiger charge is 2.27. The first kappa shape index (κ1) is 13.1. The third-order valence-electron chi connectivity index (χ3n) is 3.03. The summed E-state index contributed by atoms with van der Waals surface area (Å²) in [6.07, 6.45) is 1.71. The average Bonchev–Trinajstić information content (AvgIpc) is 2.78. The van der Waals surface area contributed by atoms with E-state index in [9.17, 15) is 4.79 Å². The van der Waals surface area contributed by atoms with Crippen molar-refractivity contribution in [3.8, 4) is 0 Å². The van der Waals surface area contributed by atoms with Crippen LogP contribution in [0.15, 0.2) is 71.4 Å². The zero-order valence-corrected chi connectivity index (χ0v) is 11.2. The lowest BCUT2D eigenvalue weighted by molar-refractivity contribution is -0.122. The number of hydrogen-bond donors (Lipinski definition) is 2. The number of amides is 1. The first-order valence-corrected chi connectivity index (χ1v) is 6.51. The molecule has 0 bridgehead atoms. The number of nitrogens with one attached hydrogen (secondary N) is 1. The van der Waals surface area contributed by atoms with Gasteiger partial charge in [0, 0.05) is 5.69 Å². The summed E-state index contributed by atoms with van der Waals surface area (Å²) in [6.45, 7) is 0. The zero-order chi connectivity index (χ0) is 14.7. The van der Waals surface area contributed by atoms with Gasteiger partial charge in [-0.3, -0.25) is 4.79 Å². The standard InChI is InChI=1S/C16H14N4O/c17-20-15(21)14(11-12-7-3-1-4-8-12)19-16(20)18-13-9-5-2-6-10-13/h1-11H,17H2,(H,18,19)/b14-11-. The molecular weight excluding hydrogens is 264 g/mol. The zero-order valence-electron chi connectivity index (χ0n) is 11.2. The molecule has 1 aliphatic rings. The minimum absolute atomic E-state index is 0.308. The Kier molecular flexibility index (Phi) is 3.49. The number of guanidine groups is 1. The highest BCUT2D eigenvalue weighted by atomic mass is 16.2. The summed E-state index contributed by atoms with van der Waals surface area (Å²) in [5.74, 6) is 5.74. The molecule has 3 rings (SSSR count). The van der Waals surface area contributed by atoms with Gasteiger partial charge in [0.25, 0.3) is 5.91 Å². The SMILES string of the molecule is NN1C(=O)/C(=C/c2ccccc2)N=C1Nc1ccccc1. The second-order valence-corrected chi connectivity index (χ2v) is 4.54. The predicted molar refractivity (Wildman–Crippen MR) is 83.0 cm³/mol. The van der Waals surface area contributed by atoms with E-state index in [-0.39, 0.29) is 5.91 Å². The Hall–Kier alpha value is -2.92. The lowest BCUT2D eigenvalue weighted by Crippen LogP contribution is -2.42. The quantitative estimate of drug-likeness (QED) is 0.502. The molecule has 2 aromatic carbocycles. The Bertz CT molecular complexity index is 708. The molecule has 1 amide bonds. The van der Waals surface area contributed by atoms with Crippen molar-refractivity contribution in [1.29, 1.82) is 0 Å². The Morgan fingerprint density at radius 1 is 1.00 bits per heavy atom. The van der Waals surface area contributed by atoms with Gasteiger partial charge in [0.15, 0.2) is 0 Å². The second-order valence-electron chi connectivity index (χ2n) is 4.54. The Morgan fingerprint density at radius 3 is 2.29 bits per heavy atom. The van der Waals surface area contributed by atoms with Crippen LogP contribution in [0.4, 0.5) is 5.69 Å². The number of benzene rings is 2. The van der Waals surface area contributed by atoms with Gasteiger partial charge in [0.05, 0.1) is 0 Å². The van der Waals surface area contributed by atoms with Crippen LogP contribution in [0.1, 0.15) is 5.56 Å². The van der Waals surface area contributed by atoms with E-state index < -0.39 is 0 Å². The molecule has 21 heavy (non-hydrogen) atoms. The van der Waals surface area contributed by atoms with Gasteiger partial charge in [-0.1, -0.05) is 48.5 Å². The topological polar surface area (TPSA) is 70.7 Å². The van der Waals surface area contributed by atoms with Crippen LogP contribution >= 0.6 is 0 Å². The molecule has 0 atom stereocenters. The van der Waals surface area contributed by atoms with Gasteiger partial charge in [-0.05, 0) is 23.8 Å². The van der Waals surface area contributed by atoms with Crippen molar-refractivity contribution in [3.63, 3.8) is 0 Å². The molecule has 104 valence electrons. The van der Waals surface area contributed by atoms with Gasteiger partial charge in [-0.2, -0.15) is 0 Å². The van der Waals surface area contributed by atoms with Crippen LogP contribution in [-0.4, -0.2) is 16.9 Å². The molecule has 0 spiro atoms. The molecule has 5 nitrogen and oxygen atoms in total. The van der Waals surface area contributed by atoms with Crippen molar-refractivity contribution in [2.24, 2.45) is 10.8 Å². The van der Waals surface area contributed by atoms with Crippen LogP contribution < -0.4 is 11.2 Å². The van der Waals surface area contributed by atoms with Gasteiger partial charge >= 0.3 is 0 Å². The number of hydrazine groups is 1. The number of para-hydroxylation sites is 1. The molecule has 1 heterocycles. The summed E-state index contributed by atoms with van der Waals surface area (Å²) in [4.78, 5) is 16.3. The fourth-order valence-corrected chi connectivity index (χ4v) is 1.98. The molecule has 2 aromatic rings. The van der Waals surface area contributed by atoms with E-state index in [2.05, 4.69) is 10.3 Å². The monoisotopic (exact) mass is 278 g/mol. The van der Waals surface area contributed by atoms with Crippen LogP contribution in [0.25, 0.3) is 6.08 Å². The van der Waals surface area contributed by atoms with E-state index >= 15 is 0 Å². The minimum atomic E-state index is -0.336. The van der Waals surface area contributed by atoms with Crippen molar-refractivity contribution in [3.05, 3.63) is 71.9 Å². The van der Waals surface area contributed by atoms with Crippen molar-refractivity contribution < 1.29 is 4.79 Å². The highest BCUT2D eigenvalue weighted by Crippen LogP contribution is 2.17. The summed E-state index contributed by atoms with van der Waals surface area (Å²) in [5.41, 5.74) is 2.03. The predicted octanol–water partition coefficient (Wildman–Crippen LogP) is 2.21. The van der Waals surface area contributed by atoms with Crippen molar-refractivity contribution >= 4 is 23.6 Å². The molecule has 0 saturated carbocycles. The molecule has 0 aromatic heterocycles. The first-order valence-electron chi connectivity index (χ1n) is 6.51. The van der Waals surface area contributed by atoms with Gasteiger partial charge in [-0.15, -0.1) is 0 Å². The number of anilines is 1. The lowest BCUT2D eigenvalue weighted by Gasteiger charge is -2.12. The third-order valence-corrected chi connectivity index (χ3v) is 3.03. The van der Waals surface area contributed by atoms with Gasteiger partial charge < -0.3 is 5.32 Å². The van der Waals surface area contributed by atoms with E-state index in [1.165, 1.54) is 0 Å². The number of carbonyl (C=O) groups excluding carboxylic acids is 1. The summed E-state index contributed by atoms with van der Waals surface area (Å²) in [7, 11) is 0. The molecule has 0 unspecified atom stereocenters. The molecule has 0 aliphatic carbocycles. The molecule has 5 heteroatoms. The fraction of sp³-hybridized carbons (Fsp3) is 0. The Labute approximate surface area is 122 Å². The summed E-state index contributed by atoms with van der Waals surface area (Å²) in [5, 5.41) is 4.04. The maximum absolute atomic E-state index is 12.1. The number of rotatable bonds is 2. The summed E-state index contributed by atoms with van der Waals surface area (Å²) in [6, 6.07) is 19.0. The number of nitrogens with two attached hydrogens (primary N) is 1. The van der Waals surface area contributed by atoms with Crippen LogP contribution in [0.3, 0.4) is 0 Å². The normalized spacial score (nSPS) is 16.2. The van der Waals surface area contributed by atoms with E-state index in [0.29, 0.717) is 11.7 Å². The first-order chi connectivity index (χ1) is 10.2. The lowest BCUT2D eigenvalue weighted by atomic mass is 10.2. The minimum Gasteiger partial charge on any atom is -0.324 e. The van der Waals surface area contributed by atoms with Crippen molar-refractivity contribution in [2.75, 3.05) is 5.32 Å². The molecule has 1 aliphatic heterocycles.